The SMILES string of the molecule is COc1ccc(-c2cc(C(F)(F)F)n3ncc(C(=O)Nc4cnn(Cc5c(Cl)cccc5Cl)c4)c3n2)cc1. The maximum atomic E-state index is 13.9. The van der Waals surface area contributed by atoms with Crippen molar-refractivity contribution in [1.82, 2.24) is 24.4 Å². The van der Waals surface area contributed by atoms with Crippen molar-refractivity contribution in [3.8, 4) is 17.0 Å². The molecule has 2 aromatic carbocycles. The lowest BCUT2D eigenvalue weighted by Crippen LogP contribution is -2.15. The van der Waals surface area contributed by atoms with Crippen LogP contribution in [0.25, 0.3) is 16.9 Å². The molecule has 0 aliphatic rings. The second-order valence-electron chi connectivity index (χ2n) is 8.13. The number of methoxy groups -OCH3 is 1. The number of fused-ring (bicyclic) bond motifs is 1. The lowest BCUT2D eigenvalue weighted by molar-refractivity contribution is -0.142. The summed E-state index contributed by atoms with van der Waals surface area (Å²) in [6.07, 6.45) is -0.770. The van der Waals surface area contributed by atoms with Crippen molar-refractivity contribution in [1.29, 1.82) is 0 Å². The van der Waals surface area contributed by atoms with E-state index in [0.717, 1.165) is 12.3 Å². The van der Waals surface area contributed by atoms with Gasteiger partial charge in [0, 0.05) is 27.4 Å². The zero-order valence-corrected chi connectivity index (χ0v) is 21.0. The number of ether oxygens (including phenoxy) is 1. The molecule has 0 spiro atoms. The molecule has 5 aromatic rings. The number of carbonyl (C=O) groups excluding carboxylic acids is 1. The monoisotopic (exact) mass is 560 g/mol. The van der Waals surface area contributed by atoms with Gasteiger partial charge < -0.3 is 10.1 Å². The molecule has 38 heavy (non-hydrogen) atoms. The van der Waals surface area contributed by atoms with E-state index in [1.807, 2.05) is 0 Å². The summed E-state index contributed by atoms with van der Waals surface area (Å²) >= 11 is 12.4. The molecule has 3 heterocycles. The third-order valence-corrected chi connectivity index (χ3v) is 6.37. The molecule has 0 atom stereocenters. The molecule has 0 saturated carbocycles. The Morgan fingerprint density at radius 3 is 2.42 bits per heavy atom. The van der Waals surface area contributed by atoms with E-state index in [-0.39, 0.29) is 23.4 Å². The van der Waals surface area contributed by atoms with Crippen LogP contribution in [0, 0.1) is 0 Å². The van der Waals surface area contributed by atoms with Crippen LogP contribution in [0.4, 0.5) is 18.9 Å². The van der Waals surface area contributed by atoms with Gasteiger partial charge in [0.2, 0.25) is 0 Å². The van der Waals surface area contributed by atoms with E-state index in [1.165, 1.54) is 18.0 Å². The first kappa shape index (κ1) is 25.6. The third-order valence-electron chi connectivity index (χ3n) is 5.67. The Kier molecular flexibility index (Phi) is 6.72. The molecule has 13 heteroatoms. The topological polar surface area (TPSA) is 86.3 Å². The van der Waals surface area contributed by atoms with Crippen LogP contribution >= 0.6 is 23.2 Å². The first-order chi connectivity index (χ1) is 18.1. The molecular weight excluding hydrogens is 544 g/mol. The molecule has 1 amide bonds. The van der Waals surface area contributed by atoms with Gasteiger partial charge in [-0.05, 0) is 42.5 Å². The number of carbonyl (C=O) groups is 1. The van der Waals surface area contributed by atoms with Crippen molar-refractivity contribution in [2.45, 2.75) is 12.7 Å². The van der Waals surface area contributed by atoms with Gasteiger partial charge in [0.05, 0.1) is 37.4 Å². The van der Waals surface area contributed by atoms with Crippen LogP contribution in [-0.2, 0) is 12.7 Å². The number of nitrogens with one attached hydrogen (secondary N) is 1. The second-order valence-corrected chi connectivity index (χ2v) is 8.94. The highest BCUT2D eigenvalue weighted by Gasteiger charge is 2.36. The summed E-state index contributed by atoms with van der Waals surface area (Å²) in [5.41, 5.74) is -0.0884. The summed E-state index contributed by atoms with van der Waals surface area (Å²) in [5, 5.41) is 11.5. The average molecular weight is 561 g/mol. The normalized spacial score (nSPS) is 11.6. The van der Waals surface area contributed by atoms with Gasteiger partial charge in [0.15, 0.2) is 11.3 Å². The van der Waals surface area contributed by atoms with Crippen molar-refractivity contribution in [3.05, 3.63) is 94.0 Å². The Hall–Kier alpha value is -4.09. The van der Waals surface area contributed by atoms with E-state index in [0.29, 0.717) is 37.1 Å². The molecule has 0 bridgehead atoms. The first-order valence-electron chi connectivity index (χ1n) is 11.0. The number of nitrogens with zero attached hydrogens (tertiary/aromatic N) is 5. The molecule has 0 unspecified atom stereocenters. The molecule has 0 fully saturated rings. The number of hydrogen-bond donors (Lipinski definition) is 1. The molecule has 8 nitrogen and oxygen atoms in total. The summed E-state index contributed by atoms with van der Waals surface area (Å²) in [6.45, 7) is 0.243. The van der Waals surface area contributed by atoms with E-state index in [2.05, 4.69) is 20.5 Å². The van der Waals surface area contributed by atoms with Crippen LogP contribution in [0.2, 0.25) is 10.0 Å². The van der Waals surface area contributed by atoms with Gasteiger partial charge in [-0.1, -0.05) is 29.3 Å². The Labute approximate surface area is 223 Å². The average Bonchev–Trinajstić information content (AvgIpc) is 3.52. The Morgan fingerprint density at radius 1 is 1.05 bits per heavy atom. The van der Waals surface area contributed by atoms with Crippen LogP contribution in [0.1, 0.15) is 21.6 Å². The van der Waals surface area contributed by atoms with Gasteiger partial charge in [0.25, 0.3) is 5.91 Å². The quantitative estimate of drug-likeness (QED) is 0.266. The number of rotatable bonds is 6. The number of halogens is 5. The molecule has 0 radical (unpaired) electrons. The van der Waals surface area contributed by atoms with Crippen molar-refractivity contribution in [2.75, 3.05) is 12.4 Å². The fraction of sp³-hybridized carbons (Fsp3) is 0.120. The second kappa shape index (κ2) is 9.99. The summed E-state index contributed by atoms with van der Waals surface area (Å²) in [6, 6.07) is 12.4. The smallest absolute Gasteiger partial charge is 0.433 e. The maximum absolute atomic E-state index is 13.9. The Balaban J connectivity index is 1.47. The van der Waals surface area contributed by atoms with Crippen molar-refractivity contribution in [2.24, 2.45) is 0 Å². The van der Waals surface area contributed by atoms with Crippen molar-refractivity contribution in [3.63, 3.8) is 0 Å². The van der Waals surface area contributed by atoms with Crippen LogP contribution in [-0.4, -0.2) is 37.4 Å². The summed E-state index contributed by atoms with van der Waals surface area (Å²) in [7, 11) is 1.48. The minimum atomic E-state index is -4.75. The fourth-order valence-electron chi connectivity index (χ4n) is 3.79. The van der Waals surface area contributed by atoms with Gasteiger partial charge >= 0.3 is 6.18 Å². The van der Waals surface area contributed by atoms with Crippen LogP contribution < -0.4 is 10.1 Å². The standard InChI is InChI=1S/C25H17Cl2F3N6O2/c1-38-16-7-5-14(6-8-16)21-9-22(25(28,29)30)36-23(34-21)17(11-32-36)24(37)33-15-10-31-35(12-15)13-18-19(26)3-2-4-20(18)27/h2-12H,13H2,1H3,(H,33,37). The highest BCUT2D eigenvalue weighted by Crippen LogP contribution is 2.33. The molecular formula is C25H17Cl2F3N6O2. The molecule has 194 valence electrons. The van der Waals surface area contributed by atoms with Crippen LogP contribution in [0.5, 0.6) is 5.75 Å². The molecule has 0 aliphatic carbocycles. The third kappa shape index (κ3) is 5.02. The Morgan fingerprint density at radius 2 is 1.76 bits per heavy atom. The number of benzene rings is 2. The highest BCUT2D eigenvalue weighted by molar-refractivity contribution is 6.36. The number of aromatic nitrogens is 5. The first-order valence-corrected chi connectivity index (χ1v) is 11.8. The van der Waals surface area contributed by atoms with E-state index >= 15 is 0 Å². The van der Waals surface area contributed by atoms with Crippen molar-refractivity contribution >= 4 is 40.4 Å². The number of anilines is 1. The fourth-order valence-corrected chi connectivity index (χ4v) is 4.31. The Bertz CT molecular complexity index is 1630. The lowest BCUT2D eigenvalue weighted by Gasteiger charge is -2.12. The largest absolute Gasteiger partial charge is 0.497 e. The summed E-state index contributed by atoms with van der Waals surface area (Å²) < 4.78 is 48.9. The minimum Gasteiger partial charge on any atom is -0.497 e. The molecule has 5 rings (SSSR count). The highest BCUT2D eigenvalue weighted by atomic mass is 35.5. The van der Waals surface area contributed by atoms with Gasteiger partial charge in [-0.2, -0.15) is 23.4 Å². The van der Waals surface area contributed by atoms with Gasteiger partial charge in [-0.3, -0.25) is 9.48 Å². The van der Waals surface area contributed by atoms with Crippen LogP contribution in [0.3, 0.4) is 0 Å². The molecule has 0 aliphatic heterocycles. The van der Waals surface area contributed by atoms with E-state index < -0.39 is 17.8 Å². The molecule has 0 saturated heterocycles. The number of hydrogen-bond acceptors (Lipinski definition) is 5. The molecule has 3 aromatic heterocycles. The van der Waals surface area contributed by atoms with E-state index in [1.54, 1.807) is 48.7 Å². The zero-order chi connectivity index (χ0) is 27.0. The lowest BCUT2D eigenvalue weighted by atomic mass is 10.1. The zero-order valence-electron chi connectivity index (χ0n) is 19.5. The number of amides is 1. The minimum absolute atomic E-state index is 0.0199. The predicted octanol–water partition coefficient (Wildman–Crippen LogP) is 6.23. The van der Waals surface area contributed by atoms with E-state index in [4.69, 9.17) is 27.9 Å². The summed E-state index contributed by atoms with van der Waals surface area (Å²) in [5.74, 6) is -0.171. The predicted molar refractivity (Wildman–Crippen MR) is 136 cm³/mol. The van der Waals surface area contributed by atoms with E-state index in [9.17, 15) is 18.0 Å². The summed E-state index contributed by atoms with van der Waals surface area (Å²) in [4.78, 5) is 17.4. The number of alkyl halides is 3. The van der Waals surface area contributed by atoms with Gasteiger partial charge in [-0.25, -0.2) is 9.50 Å². The van der Waals surface area contributed by atoms with Crippen LogP contribution in [0.15, 0.2) is 67.1 Å². The maximum Gasteiger partial charge on any atom is 0.433 e. The van der Waals surface area contributed by atoms with Gasteiger partial charge in [-0.15, -0.1) is 0 Å². The van der Waals surface area contributed by atoms with Gasteiger partial charge in [0.1, 0.15) is 11.3 Å². The molecule has 1 N–H and O–H groups in total. The van der Waals surface area contributed by atoms with Crippen molar-refractivity contribution < 1.29 is 22.7 Å².